The lowest BCUT2D eigenvalue weighted by atomic mass is 10.3. The van der Waals surface area contributed by atoms with Gasteiger partial charge in [0.25, 0.3) is 0 Å². The van der Waals surface area contributed by atoms with Crippen LogP contribution in [0.2, 0.25) is 0 Å². The van der Waals surface area contributed by atoms with E-state index in [1.165, 1.54) is 23.9 Å². The minimum absolute atomic E-state index is 0.174. The summed E-state index contributed by atoms with van der Waals surface area (Å²) in [6.07, 6.45) is 1.14. The van der Waals surface area contributed by atoms with E-state index in [1.54, 1.807) is 12.1 Å². The van der Waals surface area contributed by atoms with Crippen molar-refractivity contribution in [2.75, 3.05) is 30.5 Å². The van der Waals surface area contributed by atoms with Gasteiger partial charge in [0, 0.05) is 16.8 Å². The molecule has 0 atom stereocenters. The summed E-state index contributed by atoms with van der Waals surface area (Å²) in [5.74, 6) is 1.46. The second-order valence-electron chi connectivity index (χ2n) is 5.44. The van der Waals surface area contributed by atoms with Crippen LogP contribution in [-0.2, 0) is 14.6 Å². The minimum Gasteiger partial charge on any atom is -0.486 e. The number of rotatable bonds is 5. The molecule has 0 saturated carbocycles. The quantitative estimate of drug-likeness (QED) is 0.804. The second kappa shape index (κ2) is 7.37. The zero-order chi connectivity index (χ0) is 17.9. The average molecular weight is 379 g/mol. The number of nitrogens with one attached hydrogen (secondary N) is 1. The largest absolute Gasteiger partial charge is 0.486 e. The van der Waals surface area contributed by atoms with Gasteiger partial charge < -0.3 is 14.8 Å². The third-order valence-electron chi connectivity index (χ3n) is 3.45. The summed E-state index contributed by atoms with van der Waals surface area (Å²) >= 11 is 1.38. The fourth-order valence-corrected chi connectivity index (χ4v) is 3.60. The van der Waals surface area contributed by atoms with Gasteiger partial charge in [0.15, 0.2) is 21.3 Å². The van der Waals surface area contributed by atoms with Gasteiger partial charge in [-0.1, -0.05) is 0 Å². The van der Waals surface area contributed by atoms with Crippen molar-refractivity contribution in [2.45, 2.75) is 9.79 Å². The van der Waals surface area contributed by atoms with Gasteiger partial charge in [-0.15, -0.1) is 11.8 Å². The van der Waals surface area contributed by atoms with Crippen molar-refractivity contribution in [3.8, 4) is 11.5 Å². The lowest BCUT2D eigenvalue weighted by Gasteiger charge is -2.18. The van der Waals surface area contributed by atoms with Crippen molar-refractivity contribution >= 4 is 33.2 Å². The van der Waals surface area contributed by atoms with Gasteiger partial charge in [-0.3, -0.25) is 4.79 Å². The number of carbonyl (C=O) groups excluding carboxylic acids is 1. The lowest BCUT2D eigenvalue weighted by Crippen LogP contribution is -2.15. The van der Waals surface area contributed by atoms with Crippen molar-refractivity contribution < 1.29 is 22.7 Å². The molecule has 2 aromatic rings. The molecule has 1 heterocycles. The number of benzene rings is 2. The van der Waals surface area contributed by atoms with Crippen LogP contribution in [0.1, 0.15) is 0 Å². The molecule has 1 N–H and O–H groups in total. The van der Waals surface area contributed by atoms with Crippen LogP contribution in [0.3, 0.4) is 0 Å². The van der Waals surface area contributed by atoms with Crippen LogP contribution in [0.5, 0.6) is 11.5 Å². The average Bonchev–Trinajstić information content (AvgIpc) is 2.59. The van der Waals surface area contributed by atoms with Crippen molar-refractivity contribution in [1.29, 1.82) is 0 Å². The number of ether oxygens (including phenoxy) is 2. The highest BCUT2D eigenvalue weighted by atomic mass is 32.2. The first-order valence-corrected chi connectivity index (χ1v) is 10.4. The molecule has 2 aromatic carbocycles. The Bertz CT molecular complexity index is 878. The first kappa shape index (κ1) is 17.6. The highest BCUT2D eigenvalue weighted by molar-refractivity contribution is 8.00. The zero-order valence-electron chi connectivity index (χ0n) is 13.5. The first-order chi connectivity index (χ1) is 11.9. The summed E-state index contributed by atoms with van der Waals surface area (Å²) in [4.78, 5) is 13.2. The molecule has 3 rings (SSSR count). The monoisotopic (exact) mass is 379 g/mol. The predicted octanol–water partition coefficient (Wildman–Crippen LogP) is 2.59. The van der Waals surface area contributed by atoms with Crippen LogP contribution in [0.4, 0.5) is 5.69 Å². The fraction of sp³-hybridized carbons (Fsp3) is 0.235. The Morgan fingerprint density at radius 3 is 2.44 bits per heavy atom. The maximum absolute atomic E-state index is 12.1. The van der Waals surface area contributed by atoms with E-state index in [4.69, 9.17) is 9.47 Å². The topological polar surface area (TPSA) is 81.7 Å². The molecule has 0 unspecified atom stereocenters. The van der Waals surface area contributed by atoms with Crippen LogP contribution in [0.15, 0.2) is 52.3 Å². The predicted molar refractivity (Wildman–Crippen MR) is 96.3 cm³/mol. The molecular formula is C17H17NO5S2. The molecular weight excluding hydrogens is 362 g/mol. The summed E-state index contributed by atoms with van der Waals surface area (Å²) in [5.41, 5.74) is 0.556. The number of hydrogen-bond donors (Lipinski definition) is 1. The van der Waals surface area contributed by atoms with E-state index >= 15 is 0 Å². The number of sulfone groups is 1. The van der Waals surface area contributed by atoms with Crippen LogP contribution in [0, 0.1) is 0 Å². The molecule has 0 bridgehead atoms. The Kier molecular flexibility index (Phi) is 5.19. The van der Waals surface area contributed by atoms with Gasteiger partial charge in [-0.2, -0.15) is 0 Å². The molecule has 0 aliphatic carbocycles. The van der Waals surface area contributed by atoms with Crippen molar-refractivity contribution in [1.82, 2.24) is 0 Å². The minimum atomic E-state index is -3.24. The number of thioether (sulfide) groups is 1. The van der Waals surface area contributed by atoms with Gasteiger partial charge >= 0.3 is 0 Å². The van der Waals surface area contributed by atoms with Crippen LogP contribution < -0.4 is 14.8 Å². The third kappa shape index (κ3) is 4.67. The van der Waals surface area contributed by atoms with Crippen LogP contribution in [0.25, 0.3) is 0 Å². The molecule has 0 radical (unpaired) electrons. The Balaban J connectivity index is 1.56. The summed E-state index contributed by atoms with van der Waals surface area (Å²) in [5, 5.41) is 2.74. The van der Waals surface area contributed by atoms with E-state index in [0.717, 1.165) is 11.2 Å². The number of anilines is 1. The highest BCUT2D eigenvalue weighted by Crippen LogP contribution is 2.34. The van der Waals surface area contributed by atoms with Gasteiger partial charge in [-0.25, -0.2) is 8.42 Å². The van der Waals surface area contributed by atoms with E-state index in [-0.39, 0.29) is 16.6 Å². The summed E-state index contributed by atoms with van der Waals surface area (Å²) in [6, 6.07) is 11.7. The first-order valence-electron chi connectivity index (χ1n) is 7.54. The highest BCUT2D eigenvalue weighted by Gasteiger charge is 2.13. The van der Waals surface area contributed by atoms with Crippen LogP contribution >= 0.6 is 11.8 Å². The summed E-state index contributed by atoms with van der Waals surface area (Å²) in [7, 11) is -3.24. The van der Waals surface area contributed by atoms with Gasteiger partial charge in [-0.05, 0) is 42.5 Å². The molecule has 0 saturated heterocycles. The molecule has 1 amide bonds. The molecule has 132 valence electrons. The smallest absolute Gasteiger partial charge is 0.234 e. The summed E-state index contributed by atoms with van der Waals surface area (Å²) in [6.45, 7) is 1.06. The molecule has 0 aromatic heterocycles. The zero-order valence-corrected chi connectivity index (χ0v) is 15.2. The molecule has 0 fully saturated rings. The Morgan fingerprint density at radius 2 is 1.76 bits per heavy atom. The van der Waals surface area contributed by atoms with E-state index in [9.17, 15) is 13.2 Å². The van der Waals surface area contributed by atoms with Gasteiger partial charge in [0.05, 0.1) is 10.6 Å². The van der Waals surface area contributed by atoms with E-state index in [2.05, 4.69) is 5.32 Å². The standard InChI is InChI=1S/C17H17NO5S2/c1-25(20,21)14-5-2-12(3-6-14)18-17(19)11-24-13-4-7-15-16(10-13)23-9-8-22-15/h2-7,10H,8-9,11H2,1H3,(H,18,19). The van der Waals surface area contributed by atoms with Crippen LogP contribution in [-0.4, -0.2) is 39.5 Å². The van der Waals surface area contributed by atoms with E-state index in [0.29, 0.717) is 30.4 Å². The SMILES string of the molecule is CS(=O)(=O)c1ccc(NC(=O)CSc2ccc3c(c2)OCCO3)cc1. The van der Waals surface area contributed by atoms with Crippen molar-refractivity contribution in [3.05, 3.63) is 42.5 Å². The van der Waals surface area contributed by atoms with Gasteiger partial charge in [0.1, 0.15) is 13.2 Å². The van der Waals surface area contributed by atoms with Gasteiger partial charge in [0.2, 0.25) is 5.91 Å². The number of carbonyl (C=O) groups is 1. The second-order valence-corrected chi connectivity index (χ2v) is 8.50. The normalized spacial score (nSPS) is 13.3. The number of fused-ring (bicyclic) bond motifs is 1. The van der Waals surface area contributed by atoms with Crippen molar-refractivity contribution in [2.24, 2.45) is 0 Å². The van der Waals surface area contributed by atoms with E-state index < -0.39 is 9.84 Å². The van der Waals surface area contributed by atoms with Crippen molar-refractivity contribution in [3.63, 3.8) is 0 Å². The molecule has 25 heavy (non-hydrogen) atoms. The molecule has 1 aliphatic rings. The Labute approximate surface area is 150 Å². The molecule has 8 heteroatoms. The number of hydrogen-bond acceptors (Lipinski definition) is 6. The van der Waals surface area contributed by atoms with E-state index in [1.807, 2.05) is 18.2 Å². The lowest BCUT2D eigenvalue weighted by molar-refractivity contribution is -0.113. The maximum Gasteiger partial charge on any atom is 0.234 e. The molecule has 6 nitrogen and oxygen atoms in total. The summed E-state index contributed by atoms with van der Waals surface area (Å²) < 4.78 is 33.8. The third-order valence-corrected chi connectivity index (χ3v) is 5.57. The Hall–Kier alpha value is -2.19. The molecule has 0 spiro atoms. The maximum atomic E-state index is 12.1. The molecule has 1 aliphatic heterocycles. The Morgan fingerprint density at radius 1 is 1.08 bits per heavy atom. The fourth-order valence-electron chi connectivity index (χ4n) is 2.24. The number of amides is 1.